The number of hydrogen-bond donors (Lipinski definition) is 0. The number of morpholine rings is 1. The van der Waals surface area contributed by atoms with Crippen molar-refractivity contribution < 1.29 is 24.8 Å². The van der Waals surface area contributed by atoms with Gasteiger partial charge >= 0.3 is 0 Å². The Hall–Kier alpha value is -1.06. The van der Waals surface area contributed by atoms with Crippen LogP contribution in [-0.2, 0) is 24.8 Å². The van der Waals surface area contributed by atoms with Gasteiger partial charge < -0.3 is 14.2 Å². The molecule has 20 heavy (non-hydrogen) atoms. The van der Waals surface area contributed by atoms with Crippen LogP contribution in [0.2, 0.25) is 0 Å². The van der Waals surface area contributed by atoms with Gasteiger partial charge in [-0.3, -0.25) is 0 Å². The van der Waals surface area contributed by atoms with Gasteiger partial charge in [0, 0.05) is 26.3 Å². The standard InChI is InChI=1S/C16H18N2O.Ir/c1-18(9-11-19-12-10-18)15-6-4-5-14(13-15)16-7-2-3-8-17-16;/h2-4,6-8,13H,9-12H2,1H3;. The van der Waals surface area contributed by atoms with E-state index in [1.165, 1.54) is 5.69 Å². The van der Waals surface area contributed by atoms with Crippen LogP contribution in [0, 0.1) is 6.07 Å². The number of nitrogens with zero attached hydrogens (tertiary/aromatic N) is 2. The largest absolute Gasteiger partial charge is 0.370 e. The van der Waals surface area contributed by atoms with Gasteiger partial charge in [-0.1, -0.05) is 24.3 Å². The van der Waals surface area contributed by atoms with E-state index in [0.717, 1.165) is 42.0 Å². The van der Waals surface area contributed by atoms with Crippen molar-refractivity contribution in [2.24, 2.45) is 0 Å². The van der Waals surface area contributed by atoms with E-state index in [4.69, 9.17) is 4.74 Å². The van der Waals surface area contributed by atoms with E-state index in [0.29, 0.717) is 0 Å². The Balaban J connectivity index is 0.00000147. The fourth-order valence-corrected chi connectivity index (χ4v) is 2.46. The number of likely N-dealkylation sites (N-methyl/N-ethyl adjacent to an activating group) is 1. The predicted octanol–water partition coefficient (Wildman–Crippen LogP) is 2.51. The number of quaternary nitrogens is 1. The molecule has 3 nitrogen and oxygen atoms in total. The SMILES string of the molecule is C[N+]1(c2cc[c-]c(-c3ccccn3)c2)CCOCC1.[Ir]. The van der Waals surface area contributed by atoms with Gasteiger partial charge in [0.1, 0.15) is 13.1 Å². The minimum atomic E-state index is 0. The molecule has 0 atom stereocenters. The smallest absolute Gasteiger partial charge is 0.106 e. The Morgan fingerprint density at radius 2 is 2.00 bits per heavy atom. The topological polar surface area (TPSA) is 22.1 Å². The summed E-state index contributed by atoms with van der Waals surface area (Å²) in [5, 5.41) is 0. The van der Waals surface area contributed by atoms with Crippen LogP contribution in [0.1, 0.15) is 0 Å². The number of benzene rings is 1. The first-order valence-corrected chi connectivity index (χ1v) is 6.64. The van der Waals surface area contributed by atoms with E-state index >= 15 is 0 Å². The number of hydrogen-bond acceptors (Lipinski definition) is 2. The molecular formula is C16H18IrN2O. The second kappa shape index (κ2) is 6.59. The van der Waals surface area contributed by atoms with Gasteiger partial charge in [0.2, 0.25) is 0 Å². The summed E-state index contributed by atoms with van der Waals surface area (Å²) in [4.78, 5) is 4.40. The minimum Gasteiger partial charge on any atom is -0.370 e. The molecule has 3 rings (SSSR count). The average Bonchev–Trinajstić information content (AvgIpc) is 2.49. The molecule has 0 saturated carbocycles. The summed E-state index contributed by atoms with van der Waals surface area (Å²) in [5.41, 5.74) is 3.34. The van der Waals surface area contributed by atoms with Crippen molar-refractivity contribution in [2.75, 3.05) is 33.4 Å². The zero-order valence-electron chi connectivity index (χ0n) is 11.5. The van der Waals surface area contributed by atoms with E-state index in [-0.39, 0.29) is 20.1 Å². The Kier molecular flexibility index (Phi) is 5.05. The van der Waals surface area contributed by atoms with Crippen molar-refractivity contribution in [3.05, 3.63) is 48.7 Å². The van der Waals surface area contributed by atoms with Gasteiger partial charge in [-0.25, -0.2) is 0 Å². The summed E-state index contributed by atoms with van der Waals surface area (Å²) in [6.45, 7) is 3.69. The van der Waals surface area contributed by atoms with Gasteiger partial charge in [-0.05, 0) is 11.8 Å². The monoisotopic (exact) mass is 447 g/mol. The Labute approximate surface area is 133 Å². The molecule has 0 spiro atoms. The molecule has 1 aliphatic heterocycles. The molecule has 1 aromatic carbocycles. The summed E-state index contributed by atoms with van der Waals surface area (Å²) in [7, 11) is 2.26. The molecule has 2 heterocycles. The maximum Gasteiger partial charge on any atom is 0.106 e. The van der Waals surface area contributed by atoms with Crippen LogP contribution in [0.5, 0.6) is 0 Å². The van der Waals surface area contributed by atoms with Gasteiger partial charge in [0.25, 0.3) is 0 Å². The third-order valence-electron chi connectivity index (χ3n) is 3.81. The van der Waals surface area contributed by atoms with Crippen LogP contribution < -0.4 is 4.48 Å². The Morgan fingerprint density at radius 3 is 2.70 bits per heavy atom. The van der Waals surface area contributed by atoms with E-state index in [9.17, 15) is 0 Å². The van der Waals surface area contributed by atoms with Crippen molar-refractivity contribution in [1.82, 2.24) is 9.47 Å². The van der Waals surface area contributed by atoms with Gasteiger partial charge in [-0.2, -0.15) is 0 Å². The van der Waals surface area contributed by atoms with Gasteiger partial charge in [0.15, 0.2) is 0 Å². The van der Waals surface area contributed by atoms with Crippen LogP contribution in [0.4, 0.5) is 5.69 Å². The molecule has 2 aromatic rings. The second-order valence-electron chi connectivity index (χ2n) is 5.13. The molecule has 0 unspecified atom stereocenters. The van der Waals surface area contributed by atoms with Crippen molar-refractivity contribution in [1.29, 1.82) is 0 Å². The van der Waals surface area contributed by atoms with Crippen LogP contribution in [0.3, 0.4) is 0 Å². The normalized spacial score (nSPS) is 17.2. The van der Waals surface area contributed by atoms with Crippen molar-refractivity contribution in [2.45, 2.75) is 0 Å². The third-order valence-corrected chi connectivity index (χ3v) is 3.81. The van der Waals surface area contributed by atoms with Crippen molar-refractivity contribution >= 4 is 5.69 Å². The Morgan fingerprint density at radius 1 is 1.20 bits per heavy atom. The molecule has 1 fully saturated rings. The quantitative estimate of drug-likeness (QED) is 0.523. The molecule has 1 aliphatic rings. The summed E-state index contributed by atoms with van der Waals surface area (Å²) in [6, 6.07) is 15.6. The first-order chi connectivity index (χ1) is 9.28. The van der Waals surface area contributed by atoms with Crippen molar-refractivity contribution in [3.63, 3.8) is 0 Å². The number of ether oxygens (including phenoxy) is 1. The average molecular weight is 447 g/mol. The molecule has 1 aromatic heterocycles. The predicted molar refractivity (Wildman–Crippen MR) is 76.8 cm³/mol. The van der Waals surface area contributed by atoms with Crippen LogP contribution in [0.15, 0.2) is 42.6 Å². The van der Waals surface area contributed by atoms with Crippen molar-refractivity contribution in [3.8, 4) is 11.3 Å². The molecule has 1 radical (unpaired) electrons. The summed E-state index contributed by atoms with van der Waals surface area (Å²) in [5.74, 6) is 0. The van der Waals surface area contributed by atoms with Gasteiger partial charge in [-0.15, -0.1) is 17.7 Å². The van der Waals surface area contributed by atoms with E-state index in [2.05, 4.69) is 30.2 Å². The van der Waals surface area contributed by atoms with E-state index in [1.807, 2.05) is 30.5 Å². The maximum absolute atomic E-state index is 5.47. The molecule has 1 saturated heterocycles. The molecule has 0 aliphatic carbocycles. The molecular weight excluding hydrogens is 428 g/mol. The van der Waals surface area contributed by atoms with Crippen LogP contribution in [0.25, 0.3) is 11.3 Å². The van der Waals surface area contributed by atoms with E-state index < -0.39 is 0 Å². The number of rotatable bonds is 2. The molecule has 0 bridgehead atoms. The van der Waals surface area contributed by atoms with E-state index in [1.54, 1.807) is 0 Å². The van der Waals surface area contributed by atoms with Crippen LogP contribution >= 0.6 is 0 Å². The first kappa shape index (κ1) is 15.3. The van der Waals surface area contributed by atoms with Gasteiger partial charge in [0.05, 0.1) is 25.9 Å². The second-order valence-corrected chi connectivity index (χ2v) is 5.13. The molecule has 4 heteroatoms. The third kappa shape index (κ3) is 3.15. The summed E-state index contributed by atoms with van der Waals surface area (Å²) >= 11 is 0. The fraction of sp³-hybridized carbons (Fsp3) is 0.312. The number of pyridine rings is 1. The number of aromatic nitrogens is 1. The maximum atomic E-state index is 5.47. The Bertz CT molecular complexity index is 553. The van der Waals surface area contributed by atoms with Crippen LogP contribution in [-0.4, -0.2) is 38.3 Å². The minimum absolute atomic E-state index is 0. The molecule has 107 valence electrons. The summed E-state index contributed by atoms with van der Waals surface area (Å²) in [6.07, 6.45) is 1.82. The molecule has 0 amide bonds. The molecule has 0 N–H and O–H groups in total. The summed E-state index contributed by atoms with van der Waals surface area (Å²) < 4.78 is 6.39. The zero-order chi connectivity index (χ0) is 13.1. The fourth-order valence-electron chi connectivity index (χ4n) is 2.46. The first-order valence-electron chi connectivity index (χ1n) is 6.64. The zero-order valence-corrected chi connectivity index (χ0v) is 13.9.